The molecule has 1 aromatic heterocycles. The number of pyridine rings is 1. The molecule has 3 aromatic rings. The van der Waals surface area contributed by atoms with Gasteiger partial charge in [0.1, 0.15) is 19.0 Å². The van der Waals surface area contributed by atoms with E-state index in [2.05, 4.69) is 4.98 Å². The van der Waals surface area contributed by atoms with Crippen molar-refractivity contribution in [3.8, 4) is 17.2 Å². The van der Waals surface area contributed by atoms with Gasteiger partial charge in [-0.25, -0.2) is 0 Å². The van der Waals surface area contributed by atoms with Gasteiger partial charge >= 0.3 is 5.97 Å². The molecule has 0 aliphatic heterocycles. The minimum Gasteiger partial charge on any atom is -0.493 e. The quantitative estimate of drug-likeness (QED) is 0.466. The topological polar surface area (TPSA) is 66.9 Å². The first-order valence-corrected chi connectivity index (χ1v) is 9.66. The highest BCUT2D eigenvalue weighted by molar-refractivity contribution is 5.70. The number of hydrogen-bond donors (Lipinski definition) is 0. The van der Waals surface area contributed by atoms with Crippen molar-refractivity contribution in [1.82, 2.24) is 4.98 Å². The molecule has 0 saturated carbocycles. The molecule has 0 amide bonds. The molecule has 0 saturated heterocycles. The molecule has 0 N–H and O–H groups in total. The maximum Gasteiger partial charge on any atom is 0.306 e. The molecule has 6 nitrogen and oxygen atoms in total. The van der Waals surface area contributed by atoms with Crippen molar-refractivity contribution in [1.29, 1.82) is 0 Å². The minimum absolute atomic E-state index is 0.217. The third-order valence-electron chi connectivity index (χ3n) is 4.52. The fourth-order valence-electron chi connectivity index (χ4n) is 2.95. The summed E-state index contributed by atoms with van der Waals surface area (Å²) in [5.41, 5.74) is 2.67. The van der Waals surface area contributed by atoms with Crippen LogP contribution in [0, 0.1) is 0 Å². The van der Waals surface area contributed by atoms with Crippen LogP contribution in [0.15, 0.2) is 66.9 Å². The SMILES string of the molecule is COc1cccc(CCC(=O)OCc2ccc(OCc3ccccn3)cc2)c1OC. The summed E-state index contributed by atoms with van der Waals surface area (Å²) in [6.45, 7) is 0.623. The van der Waals surface area contributed by atoms with Crippen molar-refractivity contribution in [3.63, 3.8) is 0 Å². The number of para-hydroxylation sites is 1. The number of aryl methyl sites for hydroxylation is 1. The summed E-state index contributed by atoms with van der Waals surface area (Å²) in [4.78, 5) is 16.4. The van der Waals surface area contributed by atoms with Crippen LogP contribution in [-0.4, -0.2) is 25.2 Å². The molecule has 0 fully saturated rings. The van der Waals surface area contributed by atoms with E-state index in [1.807, 2.05) is 60.7 Å². The molecule has 0 radical (unpaired) electrons. The average Bonchev–Trinajstić information content (AvgIpc) is 2.81. The number of methoxy groups -OCH3 is 2. The van der Waals surface area contributed by atoms with Gasteiger partial charge in [0.05, 0.1) is 19.9 Å². The van der Waals surface area contributed by atoms with Gasteiger partial charge in [-0.2, -0.15) is 0 Å². The molecule has 0 atom stereocenters. The second-order valence-corrected chi connectivity index (χ2v) is 6.57. The van der Waals surface area contributed by atoms with E-state index in [-0.39, 0.29) is 19.0 Å². The molecule has 1 heterocycles. The Hall–Kier alpha value is -3.54. The number of carbonyl (C=O) groups excluding carboxylic acids is 1. The predicted molar refractivity (Wildman–Crippen MR) is 113 cm³/mol. The summed E-state index contributed by atoms with van der Waals surface area (Å²) in [5.74, 6) is 1.76. The van der Waals surface area contributed by atoms with Gasteiger partial charge in [0.15, 0.2) is 11.5 Å². The van der Waals surface area contributed by atoms with E-state index in [1.165, 1.54) is 0 Å². The van der Waals surface area contributed by atoms with E-state index < -0.39 is 0 Å². The summed E-state index contributed by atoms with van der Waals surface area (Å²) in [7, 11) is 3.17. The van der Waals surface area contributed by atoms with Crippen LogP contribution in [-0.2, 0) is 29.2 Å². The first-order chi connectivity index (χ1) is 14.7. The molecule has 2 aromatic carbocycles. The Morgan fingerprint density at radius 3 is 2.43 bits per heavy atom. The number of ether oxygens (including phenoxy) is 4. The number of rotatable bonds is 10. The third kappa shape index (κ3) is 5.98. The van der Waals surface area contributed by atoms with Crippen LogP contribution in [0.4, 0.5) is 0 Å². The van der Waals surface area contributed by atoms with Crippen molar-refractivity contribution in [3.05, 3.63) is 83.7 Å². The average molecular weight is 407 g/mol. The van der Waals surface area contributed by atoms with E-state index in [4.69, 9.17) is 18.9 Å². The summed E-state index contributed by atoms with van der Waals surface area (Å²) < 4.78 is 21.8. The summed E-state index contributed by atoms with van der Waals surface area (Å²) in [5, 5.41) is 0. The van der Waals surface area contributed by atoms with Gasteiger partial charge < -0.3 is 18.9 Å². The van der Waals surface area contributed by atoms with Crippen LogP contribution in [0.1, 0.15) is 23.2 Å². The molecule has 0 unspecified atom stereocenters. The second-order valence-electron chi connectivity index (χ2n) is 6.57. The van der Waals surface area contributed by atoms with E-state index in [0.717, 1.165) is 22.6 Å². The fourth-order valence-corrected chi connectivity index (χ4v) is 2.95. The van der Waals surface area contributed by atoms with Gasteiger partial charge in [0.2, 0.25) is 0 Å². The normalized spacial score (nSPS) is 10.3. The Morgan fingerprint density at radius 1 is 0.900 bits per heavy atom. The van der Waals surface area contributed by atoms with Crippen molar-refractivity contribution in [2.45, 2.75) is 26.1 Å². The van der Waals surface area contributed by atoms with Crippen molar-refractivity contribution in [2.75, 3.05) is 14.2 Å². The molecule has 0 aliphatic carbocycles. The van der Waals surface area contributed by atoms with Gasteiger partial charge in [-0.3, -0.25) is 9.78 Å². The summed E-state index contributed by atoms with van der Waals surface area (Å²) in [6.07, 6.45) is 2.51. The number of aromatic nitrogens is 1. The number of hydrogen-bond acceptors (Lipinski definition) is 6. The van der Waals surface area contributed by atoms with Crippen LogP contribution in [0.2, 0.25) is 0 Å². The van der Waals surface area contributed by atoms with Gasteiger partial charge in [-0.15, -0.1) is 0 Å². The standard InChI is InChI=1S/C24H25NO5/c1-27-22-8-5-6-19(24(22)28-2)11-14-23(26)30-16-18-9-12-21(13-10-18)29-17-20-7-3-4-15-25-20/h3-10,12-13,15H,11,14,16-17H2,1-2H3. The van der Waals surface area contributed by atoms with E-state index in [1.54, 1.807) is 20.4 Å². The number of nitrogens with zero attached hydrogens (tertiary/aromatic N) is 1. The van der Waals surface area contributed by atoms with Crippen LogP contribution in [0.25, 0.3) is 0 Å². The Labute approximate surface area is 176 Å². The molecule has 0 aliphatic rings. The first kappa shape index (κ1) is 21.2. The zero-order valence-corrected chi connectivity index (χ0v) is 17.2. The maximum absolute atomic E-state index is 12.1. The van der Waals surface area contributed by atoms with E-state index in [9.17, 15) is 4.79 Å². The lowest BCUT2D eigenvalue weighted by atomic mass is 10.1. The molecule has 156 valence electrons. The third-order valence-corrected chi connectivity index (χ3v) is 4.52. The maximum atomic E-state index is 12.1. The second kappa shape index (κ2) is 10.9. The fraction of sp³-hybridized carbons (Fsp3) is 0.250. The number of esters is 1. The van der Waals surface area contributed by atoms with E-state index >= 15 is 0 Å². The van der Waals surface area contributed by atoms with Gasteiger partial charge in [0, 0.05) is 12.6 Å². The number of benzene rings is 2. The lowest BCUT2D eigenvalue weighted by molar-refractivity contribution is -0.144. The summed E-state index contributed by atoms with van der Waals surface area (Å²) in [6, 6.07) is 18.8. The Kier molecular flexibility index (Phi) is 7.66. The molecular weight excluding hydrogens is 382 g/mol. The van der Waals surface area contributed by atoms with Crippen LogP contribution >= 0.6 is 0 Å². The molecule has 6 heteroatoms. The lowest BCUT2D eigenvalue weighted by Gasteiger charge is -2.12. The van der Waals surface area contributed by atoms with Crippen molar-refractivity contribution < 1.29 is 23.7 Å². The van der Waals surface area contributed by atoms with Crippen LogP contribution < -0.4 is 14.2 Å². The van der Waals surface area contributed by atoms with E-state index in [0.29, 0.717) is 24.5 Å². The zero-order valence-electron chi connectivity index (χ0n) is 17.2. The Bertz CT molecular complexity index is 942. The largest absolute Gasteiger partial charge is 0.493 e. The predicted octanol–water partition coefficient (Wildman–Crippen LogP) is 4.35. The van der Waals surface area contributed by atoms with Gasteiger partial charge in [-0.05, 0) is 47.9 Å². The molecule has 3 rings (SSSR count). The van der Waals surface area contributed by atoms with Crippen molar-refractivity contribution >= 4 is 5.97 Å². The van der Waals surface area contributed by atoms with Gasteiger partial charge in [0.25, 0.3) is 0 Å². The summed E-state index contributed by atoms with van der Waals surface area (Å²) >= 11 is 0. The molecule has 30 heavy (non-hydrogen) atoms. The Balaban J connectivity index is 1.45. The van der Waals surface area contributed by atoms with Crippen LogP contribution in [0.5, 0.6) is 17.2 Å². The van der Waals surface area contributed by atoms with Crippen LogP contribution in [0.3, 0.4) is 0 Å². The van der Waals surface area contributed by atoms with Crippen molar-refractivity contribution in [2.24, 2.45) is 0 Å². The lowest BCUT2D eigenvalue weighted by Crippen LogP contribution is -2.07. The van der Waals surface area contributed by atoms with Gasteiger partial charge in [-0.1, -0.05) is 30.3 Å². The number of carbonyl (C=O) groups is 1. The smallest absolute Gasteiger partial charge is 0.306 e. The highest BCUT2D eigenvalue weighted by Crippen LogP contribution is 2.31. The highest BCUT2D eigenvalue weighted by Gasteiger charge is 2.12. The molecule has 0 bridgehead atoms. The first-order valence-electron chi connectivity index (χ1n) is 9.66. The highest BCUT2D eigenvalue weighted by atomic mass is 16.5. The monoisotopic (exact) mass is 407 g/mol. The zero-order chi connectivity index (χ0) is 21.2. The Morgan fingerprint density at radius 2 is 1.73 bits per heavy atom. The molecular formula is C24H25NO5. The molecule has 0 spiro atoms. The minimum atomic E-state index is -0.268.